The van der Waals surface area contributed by atoms with Crippen molar-refractivity contribution >= 4 is 29.3 Å². The minimum Gasteiger partial charge on any atom is -0.446 e. The summed E-state index contributed by atoms with van der Waals surface area (Å²) in [5, 5.41) is 5.89. The van der Waals surface area contributed by atoms with E-state index < -0.39 is 6.09 Å². The molecule has 260 valence electrons. The Balaban J connectivity index is 0.819. The Morgan fingerprint density at radius 3 is 2.29 bits per heavy atom. The summed E-state index contributed by atoms with van der Waals surface area (Å²) in [6.45, 7) is 4.50. The molecule has 0 atom stereocenters. The van der Waals surface area contributed by atoms with Crippen molar-refractivity contribution in [3.63, 3.8) is 0 Å². The van der Waals surface area contributed by atoms with Crippen molar-refractivity contribution in [2.45, 2.75) is 63.8 Å². The average Bonchev–Trinajstić information content (AvgIpc) is 3.65. The minimum atomic E-state index is -0.404. The third-order valence-electron chi connectivity index (χ3n) is 10.1. The molecule has 2 saturated heterocycles. The molecular formula is C39H48N4O6. The molecule has 0 aromatic heterocycles. The molecule has 10 heteroatoms. The van der Waals surface area contributed by atoms with Crippen molar-refractivity contribution in [1.29, 1.82) is 0 Å². The molecule has 1 spiro atoms. The molecule has 2 heterocycles. The lowest BCUT2D eigenvalue weighted by molar-refractivity contribution is -0.130. The van der Waals surface area contributed by atoms with Crippen molar-refractivity contribution in [2.24, 2.45) is 5.41 Å². The number of amides is 3. The van der Waals surface area contributed by atoms with Crippen LogP contribution in [0.5, 0.6) is 0 Å². The van der Waals surface area contributed by atoms with Crippen LogP contribution in [0.15, 0.2) is 78.9 Å². The number of ether oxygens (including phenoxy) is 3. The van der Waals surface area contributed by atoms with Crippen molar-refractivity contribution in [1.82, 2.24) is 9.80 Å². The van der Waals surface area contributed by atoms with Crippen LogP contribution in [0.25, 0.3) is 11.1 Å². The lowest BCUT2D eigenvalue weighted by Crippen LogP contribution is -2.51. The molecule has 3 amide bonds. The van der Waals surface area contributed by atoms with Crippen LogP contribution in [-0.2, 0) is 23.8 Å². The molecule has 6 rings (SSSR count). The number of nitrogens with one attached hydrogen (secondary N) is 2. The summed E-state index contributed by atoms with van der Waals surface area (Å²) in [4.78, 5) is 42.1. The van der Waals surface area contributed by atoms with E-state index in [1.54, 1.807) is 4.90 Å². The molecule has 3 fully saturated rings. The molecule has 10 nitrogen and oxygen atoms in total. The summed E-state index contributed by atoms with van der Waals surface area (Å²) in [5.74, 6) is 0.104. The first-order valence-electron chi connectivity index (χ1n) is 17.6. The van der Waals surface area contributed by atoms with Gasteiger partial charge in [-0.25, -0.2) is 4.79 Å². The van der Waals surface area contributed by atoms with E-state index in [9.17, 15) is 14.4 Å². The Hall–Kier alpha value is -4.25. The number of anilines is 2. The van der Waals surface area contributed by atoms with E-state index in [0.717, 1.165) is 79.8 Å². The van der Waals surface area contributed by atoms with Crippen LogP contribution in [0, 0.1) is 5.41 Å². The lowest BCUT2D eigenvalue weighted by Gasteiger charge is -2.51. The monoisotopic (exact) mass is 668 g/mol. The first-order chi connectivity index (χ1) is 23.9. The van der Waals surface area contributed by atoms with Gasteiger partial charge in [0, 0.05) is 49.8 Å². The van der Waals surface area contributed by atoms with Crippen LogP contribution in [0.4, 0.5) is 16.2 Å². The van der Waals surface area contributed by atoms with Gasteiger partial charge < -0.3 is 29.3 Å². The van der Waals surface area contributed by atoms with Crippen LogP contribution < -0.4 is 10.6 Å². The summed E-state index contributed by atoms with van der Waals surface area (Å²) < 4.78 is 16.8. The van der Waals surface area contributed by atoms with E-state index in [1.165, 1.54) is 0 Å². The molecule has 1 aliphatic carbocycles. The Kier molecular flexibility index (Phi) is 11.6. The van der Waals surface area contributed by atoms with E-state index in [2.05, 4.69) is 15.5 Å². The molecule has 3 aliphatic rings. The smallest absolute Gasteiger partial charge is 0.411 e. The lowest BCUT2D eigenvalue weighted by atomic mass is 9.61. The van der Waals surface area contributed by atoms with Gasteiger partial charge in [0.05, 0.1) is 18.9 Å². The molecular weight excluding hydrogens is 620 g/mol. The third kappa shape index (κ3) is 9.47. The van der Waals surface area contributed by atoms with Gasteiger partial charge in [0.15, 0.2) is 6.29 Å². The summed E-state index contributed by atoms with van der Waals surface area (Å²) in [6.07, 6.45) is 5.52. The molecule has 49 heavy (non-hydrogen) atoms. The van der Waals surface area contributed by atoms with Gasteiger partial charge in [-0.1, -0.05) is 60.7 Å². The zero-order valence-electron chi connectivity index (χ0n) is 28.4. The molecule has 0 radical (unpaired) electrons. The van der Waals surface area contributed by atoms with Crippen LogP contribution in [0.2, 0.25) is 0 Å². The highest BCUT2D eigenvalue weighted by molar-refractivity contribution is 5.92. The third-order valence-corrected chi connectivity index (χ3v) is 10.1. The molecule has 2 N–H and O–H groups in total. The fraction of sp³-hybridized carbons (Fsp3) is 0.462. The van der Waals surface area contributed by atoms with Gasteiger partial charge in [-0.05, 0) is 80.8 Å². The summed E-state index contributed by atoms with van der Waals surface area (Å²) in [7, 11) is 1.85. The van der Waals surface area contributed by atoms with Crippen molar-refractivity contribution in [2.75, 3.05) is 57.1 Å². The number of hydrogen-bond acceptors (Lipinski definition) is 7. The van der Waals surface area contributed by atoms with Crippen LogP contribution in [0.3, 0.4) is 0 Å². The number of carbonyl (C=O) groups is 3. The summed E-state index contributed by atoms with van der Waals surface area (Å²) >= 11 is 0. The van der Waals surface area contributed by atoms with Gasteiger partial charge in [0.2, 0.25) is 11.8 Å². The molecule has 1 saturated carbocycles. The summed E-state index contributed by atoms with van der Waals surface area (Å²) in [5.41, 5.74) is 4.68. The highest BCUT2D eigenvalue weighted by Crippen LogP contribution is 2.50. The Labute approximate surface area is 289 Å². The molecule has 0 bridgehead atoms. The number of benzene rings is 3. The first-order valence-corrected chi connectivity index (χ1v) is 17.6. The number of carbonyl (C=O) groups excluding carboxylic acids is 3. The maximum atomic E-state index is 12.8. The Morgan fingerprint density at radius 2 is 1.55 bits per heavy atom. The van der Waals surface area contributed by atoms with Gasteiger partial charge in [0.25, 0.3) is 0 Å². The fourth-order valence-corrected chi connectivity index (χ4v) is 7.10. The quantitative estimate of drug-likeness (QED) is 0.192. The van der Waals surface area contributed by atoms with Gasteiger partial charge >= 0.3 is 6.09 Å². The predicted octanol–water partition coefficient (Wildman–Crippen LogP) is 6.85. The van der Waals surface area contributed by atoms with Crippen LogP contribution in [0.1, 0.15) is 63.2 Å². The van der Waals surface area contributed by atoms with E-state index in [1.807, 2.05) is 85.9 Å². The molecule has 3 aromatic carbocycles. The Morgan fingerprint density at radius 1 is 0.857 bits per heavy atom. The zero-order valence-corrected chi connectivity index (χ0v) is 28.4. The van der Waals surface area contributed by atoms with E-state index in [0.29, 0.717) is 39.0 Å². The summed E-state index contributed by atoms with van der Waals surface area (Å²) in [6, 6.07) is 25.3. The van der Waals surface area contributed by atoms with Crippen LogP contribution >= 0.6 is 0 Å². The Bertz CT molecular complexity index is 1540. The highest BCUT2D eigenvalue weighted by Gasteiger charge is 2.47. The number of hydrogen-bond donors (Lipinski definition) is 2. The van der Waals surface area contributed by atoms with Gasteiger partial charge in [-0.2, -0.15) is 0 Å². The SMILES string of the molecule is CN(CCCCC(=O)Nc1ccc(C2OCCO2)cc1)C(=O)CCN1CCC2(CC1)CC(OC(=O)Nc1ccccc1-c1ccccc1)C2. The first kappa shape index (κ1) is 34.6. The normalized spacial score (nSPS) is 17.7. The van der Waals surface area contributed by atoms with Gasteiger partial charge in [-0.15, -0.1) is 0 Å². The van der Waals surface area contributed by atoms with Crippen molar-refractivity contribution < 1.29 is 28.6 Å². The second kappa shape index (κ2) is 16.4. The van der Waals surface area contributed by atoms with Crippen molar-refractivity contribution in [3.05, 3.63) is 84.4 Å². The highest BCUT2D eigenvalue weighted by atomic mass is 16.7. The number of para-hydroxylation sites is 1. The fourth-order valence-electron chi connectivity index (χ4n) is 7.10. The maximum absolute atomic E-state index is 12.8. The minimum absolute atomic E-state index is 0.0322. The number of nitrogens with zero attached hydrogens (tertiary/aromatic N) is 2. The van der Waals surface area contributed by atoms with E-state index >= 15 is 0 Å². The van der Waals surface area contributed by atoms with Gasteiger partial charge in [0.1, 0.15) is 6.10 Å². The second-order valence-electron chi connectivity index (χ2n) is 13.6. The molecule has 0 unspecified atom stereocenters. The second-order valence-corrected chi connectivity index (χ2v) is 13.6. The number of piperidine rings is 1. The van der Waals surface area contributed by atoms with Crippen LogP contribution in [-0.4, -0.2) is 80.3 Å². The number of unbranched alkanes of at least 4 members (excludes halogenated alkanes) is 1. The van der Waals surface area contributed by atoms with E-state index in [-0.39, 0.29) is 29.6 Å². The average molecular weight is 669 g/mol. The number of rotatable bonds is 13. The largest absolute Gasteiger partial charge is 0.446 e. The predicted molar refractivity (Wildman–Crippen MR) is 189 cm³/mol. The zero-order chi connectivity index (χ0) is 34.1. The van der Waals surface area contributed by atoms with Gasteiger partial charge in [-0.3, -0.25) is 14.9 Å². The van der Waals surface area contributed by atoms with E-state index in [4.69, 9.17) is 14.2 Å². The van der Waals surface area contributed by atoms with Crippen molar-refractivity contribution in [3.8, 4) is 11.1 Å². The number of likely N-dealkylation sites (tertiary alicyclic amines) is 1. The molecule has 3 aromatic rings. The standard InChI is InChI=1S/C39H48N4O6/c1-42(21-8-7-13-35(44)40-31-16-14-30(15-17-31)37-47-25-26-48-37)36(45)18-22-43-23-19-39(20-24-43)27-32(28-39)49-38(46)41-34-12-6-5-11-33(34)29-9-3-2-4-10-29/h2-6,9-12,14-17,32,37H,7-8,13,18-28H2,1H3,(H,40,44)(H,41,46). The topological polar surface area (TPSA) is 109 Å². The maximum Gasteiger partial charge on any atom is 0.411 e. The molecule has 2 aliphatic heterocycles.